The Morgan fingerprint density at radius 2 is 1.34 bits per heavy atom. The Labute approximate surface area is 347 Å². The van der Waals surface area contributed by atoms with Gasteiger partial charge in [-0.1, -0.05) is 178 Å². The molecule has 0 amide bonds. The van der Waals surface area contributed by atoms with Crippen molar-refractivity contribution in [3.05, 3.63) is 222 Å². The Bertz CT molecular complexity index is 3100. The molecule has 0 saturated carbocycles. The molecule has 0 fully saturated rings. The van der Waals surface area contributed by atoms with E-state index in [1.165, 1.54) is 88.1 Å². The van der Waals surface area contributed by atoms with Crippen LogP contribution in [0.2, 0.25) is 0 Å². The van der Waals surface area contributed by atoms with Gasteiger partial charge in [-0.05, 0) is 120 Å². The number of allylic oxidation sites excluding steroid dienone is 6. The van der Waals surface area contributed by atoms with Crippen LogP contribution in [0.1, 0.15) is 49.3 Å². The molecule has 2 nitrogen and oxygen atoms in total. The first-order valence-electron chi connectivity index (χ1n) is 21.1. The lowest BCUT2D eigenvalue weighted by molar-refractivity contribution is 0.543. The molecule has 59 heavy (non-hydrogen) atoms. The second-order valence-corrected chi connectivity index (χ2v) is 16.9. The highest BCUT2D eigenvalue weighted by Crippen LogP contribution is 2.50. The smallest absolute Gasteiger partial charge is 0.0482 e. The van der Waals surface area contributed by atoms with Crippen LogP contribution in [0.3, 0.4) is 0 Å². The first-order valence-corrected chi connectivity index (χ1v) is 21.1. The van der Waals surface area contributed by atoms with Crippen LogP contribution in [0.25, 0.3) is 60.1 Å². The maximum Gasteiger partial charge on any atom is 0.0482 e. The third-order valence-corrected chi connectivity index (χ3v) is 13.2. The minimum Gasteiger partial charge on any atom is -0.381 e. The zero-order valence-electron chi connectivity index (χ0n) is 33.5. The monoisotopic (exact) mass is 758 g/mol. The summed E-state index contributed by atoms with van der Waals surface area (Å²) in [5.74, 6) is 0.224. The number of fused-ring (bicyclic) bond motifs is 7. The van der Waals surface area contributed by atoms with E-state index in [0.717, 1.165) is 24.2 Å². The highest BCUT2D eigenvalue weighted by molar-refractivity contribution is 6.23. The van der Waals surface area contributed by atoms with E-state index in [2.05, 4.69) is 219 Å². The molecule has 3 aliphatic rings. The number of hydrogen-bond donors (Lipinski definition) is 2. The van der Waals surface area contributed by atoms with Crippen LogP contribution in [-0.4, -0.2) is 6.04 Å². The van der Waals surface area contributed by atoms with Gasteiger partial charge in [0, 0.05) is 40.0 Å². The van der Waals surface area contributed by atoms with E-state index >= 15 is 0 Å². The van der Waals surface area contributed by atoms with Crippen molar-refractivity contribution in [3.8, 4) is 22.3 Å². The molecular formula is C57H46N2. The van der Waals surface area contributed by atoms with Gasteiger partial charge in [0.1, 0.15) is 0 Å². The number of benzene rings is 8. The number of para-hydroxylation sites is 1. The number of hydrogen-bond acceptors (Lipinski definition) is 2. The average Bonchev–Trinajstić information content (AvgIpc) is 3.51. The summed E-state index contributed by atoms with van der Waals surface area (Å²) in [7, 11) is 0. The zero-order valence-corrected chi connectivity index (χ0v) is 33.5. The van der Waals surface area contributed by atoms with Gasteiger partial charge in [-0.3, -0.25) is 0 Å². The van der Waals surface area contributed by atoms with Gasteiger partial charge in [0.05, 0.1) is 0 Å². The van der Waals surface area contributed by atoms with Crippen molar-refractivity contribution in [2.45, 2.75) is 44.1 Å². The number of rotatable bonds is 7. The molecule has 0 spiro atoms. The van der Waals surface area contributed by atoms with Crippen molar-refractivity contribution < 1.29 is 0 Å². The van der Waals surface area contributed by atoms with Crippen molar-refractivity contribution in [2.24, 2.45) is 0 Å². The largest absolute Gasteiger partial charge is 0.381 e. The zero-order chi connectivity index (χ0) is 39.5. The molecule has 3 aliphatic carbocycles. The second-order valence-electron chi connectivity index (χ2n) is 16.9. The Balaban J connectivity index is 0.915. The molecule has 2 heteroatoms. The van der Waals surface area contributed by atoms with E-state index < -0.39 is 0 Å². The summed E-state index contributed by atoms with van der Waals surface area (Å²) in [6, 6.07) is 60.3. The Morgan fingerprint density at radius 1 is 0.593 bits per heavy atom. The van der Waals surface area contributed by atoms with Crippen LogP contribution in [0.4, 0.5) is 11.4 Å². The fourth-order valence-corrected chi connectivity index (χ4v) is 10.3. The minimum atomic E-state index is 0.0284. The maximum absolute atomic E-state index is 4.04. The number of anilines is 2. The Morgan fingerprint density at radius 3 is 2.24 bits per heavy atom. The molecule has 0 bridgehead atoms. The first kappa shape index (κ1) is 35.3. The first-order chi connectivity index (χ1) is 29.0. The summed E-state index contributed by atoms with van der Waals surface area (Å²) in [4.78, 5) is 0. The molecule has 0 saturated heterocycles. The molecule has 0 aromatic heterocycles. The molecule has 2 N–H and O–H groups in total. The second kappa shape index (κ2) is 14.2. The molecule has 11 rings (SSSR count). The van der Waals surface area contributed by atoms with E-state index in [0.29, 0.717) is 0 Å². The summed E-state index contributed by atoms with van der Waals surface area (Å²) >= 11 is 0. The van der Waals surface area contributed by atoms with E-state index in [4.69, 9.17) is 0 Å². The normalized spacial score (nSPS) is 17.9. The molecule has 2 unspecified atom stereocenters. The molecule has 8 aromatic rings. The van der Waals surface area contributed by atoms with Gasteiger partial charge < -0.3 is 10.6 Å². The third-order valence-electron chi connectivity index (χ3n) is 13.2. The van der Waals surface area contributed by atoms with Crippen molar-refractivity contribution in [3.63, 3.8) is 0 Å². The number of nitrogens with one attached hydrogen (secondary N) is 2. The summed E-state index contributed by atoms with van der Waals surface area (Å²) in [5.41, 5.74) is 15.5. The molecule has 2 atom stereocenters. The topological polar surface area (TPSA) is 24.1 Å². The Hall–Kier alpha value is -6.90. The fourth-order valence-electron chi connectivity index (χ4n) is 10.3. The van der Waals surface area contributed by atoms with Gasteiger partial charge in [-0.2, -0.15) is 0 Å². The van der Waals surface area contributed by atoms with Gasteiger partial charge in [0.25, 0.3) is 0 Å². The van der Waals surface area contributed by atoms with Gasteiger partial charge >= 0.3 is 0 Å². The lowest BCUT2D eigenvalue weighted by atomic mass is 9.77. The standard InChI is InChI=1S/C57H46N2/c1-57(2)52-27-12-9-24-46(52)47-33-31-41(36-53(47)57)59-54-28-13-10-25-48(54)45-23-8-7-20-42(45)38-18-15-19-40(34-38)58-55-29-14-11-26-49(55)51-35-39-17-4-5-21-43(39)50-32-30-37-16-3-6-22-44(37)56(50)51/h3-24,26-35,41,48,58-59H,25,36H2,1-2H3. The molecule has 0 heterocycles. The summed E-state index contributed by atoms with van der Waals surface area (Å²) in [6.45, 7) is 4.78. The third kappa shape index (κ3) is 6.02. The van der Waals surface area contributed by atoms with E-state index in [9.17, 15) is 0 Å². The summed E-state index contributed by atoms with van der Waals surface area (Å²) < 4.78 is 0. The van der Waals surface area contributed by atoms with E-state index in [1.807, 2.05) is 0 Å². The summed E-state index contributed by atoms with van der Waals surface area (Å²) in [5, 5.41) is 15.5. The SMILES string of the molecule is CC1(C)C2=C(C=CC(NC3=CC=CCC3c3ccccc3-c3cccc(Nc4ccccc4-c4cc5ccccc5c5ccc6ccccc6c45)c3)C2)c2ccccc21. The fraction of sp³-hybridized carbons (Fsp3) is 0.123. The van der Waals surface area contributed by atoms with Gasteiger partial charge in [0.15, 0.2) is 0 Å². The van der Waals surface area contributed by atoms with Gasteiger partial charge in [0.2, 0.25) is 0 Å². The van der Waals surface area contributed by atoms with Crippen molar-refractivity contribution in [1.29, 1.82) is 0 Å². The van der Waals surface area contributed by atoms with Gasteiger partial charge in [-0.25, -0.2) is 0 Å². The Kier molecular flexibility index (Phi) is 8.48. The molecular weight excluding hydrogens is 713 g/mol. The maximum atomic E-state index is 4.04. The lowest BCUT2D eigenvalue weighted by Crippen LogP contribution is -2.33. The van der Waals surface area contributed by atoms with Crippen molar-refractivity contribution in [1.82, 2.24) is 5.32 Å². The average molecular weight is 759 g/mol. The van der Waals surface area contributed by atoms with Crippen molar-refractivity contribution in [2.75, 3.05) is 5.32 Å². The highest BCUT2D eigenvalue weighted by Gasteiger charge is 2.39. The summed E-state index contributed by atoms with van der Waals surface area (Å²) in [6.07, 6.45) is 13.5. The predicted octanol–water partition coefficient (Wildman–Crippen LogP) is 14.8. The van der Waals surface area contributed by atoms with Crippen LogP contribution in [0.15, 0.2) is 205 Å². The highest BCUT2D eigenvalue weighted by atomic mass is 14.9. The van der Waals surface area contributed by atoms with Crippen LogP contribution in [0, 0.1) is 0 Å². The molecule has 0 radical (unpaired) electrons. The predicted molar refractivity (Wildman–Crippen MR) is 251 cm³/mol. The van der Waals surface area contributed by atoms with Gasteiger partial charge in [-0.15, -0.1) is 0 Å². The van der Waals surface area contributed by atoms with Crippen LogP contribution >= 0.6 is 0 Å². The van der Waals surface area contributed by atoms with E-state index in [1.54, 1.807) is 0 Å². The van der Waals surface area contributed by atoms with Crippen molar-refractivity contribution >= 4 is 49.3 Å². The molecule has 8 aromatic carbocycles. The quantitative estimate of drug-likeness (QED) is 0.158. The minimum absolute atomic E-state index is 0.0284. The molecule has 284 valence electrons. The van der Waals surface area contributed by atoms with Crippen LogP contribution in [0.5, 0.6) is 0 Å². The van der Waals surface area contributed by atoms with E-state index in [-0.39, 0.29) is 17.4 Å². The van der Waals surface area contributed by atoms with Crippen LogP contribution < -0.4 is 10.6 Å². The lowest BCUT2D eigenvalue weighted by Gasteiger charge is -2.33. The van der Waals surface area contributed by atoms with Crippen LogP contribution in [-0.2, 0) is 5.41 Å². The molecule has 0 aliphatic heterocycles.